The topological polar surface area (TPSA) is 46.1 Å². The molecule has 1 fully saturated rings. The largest absolute Gasteiger partial charge is 0.337 e. The van der Waals surface area contributed by atoms with E-state index < -0.39 is 0 Å². The quantitative estimate of drug-likeness (QED) is 0.875. The summed E-state index contributed by atoms with van der Waals surface area (Å²) >= 11 is 0. The summed E-state index contributed by atoms with van der Waals surface area (Å²) in [5.74, 6) is 0.122. The third-order valence-corrected chi connectivity index (χ3v) is 4.12. The average molecular weight is 299 g/mol. The van der Waals surface area contributed by atoms with Gasteiger partial charge in [0.15, 0.2) is 0 Å². The van der Waals surface area contributed by atoms with Gasteiger partial charge in [-0.1, -0.05) is 12.1 Å². The summed E-state index contributed by atoms with van der Waals surface area (Å²) in [6, 6.07) is 5.37. The highest BCUT2D eigenvalue weighted by molar-refractivity contribution is 5.92. The number of likely N-dealkylation sites (tertiary alicyclic amines) is 1. The Hall–Kier alpha value is -2.30. The van der Waals surface area contributed by atoms with Crippen molar-refractivity contribution >= 4 is 5.91 Å². The fourth-order valence-corrected chi connectivity index (χ4v) is 2.85. The molecule has 0 saturated carbocycles. The van der Waals surface area contributed by atoms with Crippen LogP contribution in [-0.2, 0) is 6.42 Å². The summed E-state index contributed by atoms with van der Waals surface area (Å²) in [6.07, 6.45) is 6.29. The fraction of sp³-hybridized carbons (Fsp3) is 0.353. The number of carbonyl (C=O) groups excluding carboxylic acids is 1. The maximum atomic E-state index is 13.6. The van der Waals surface area contributed by atoms with Crippen molar-refractivity contribution in [2.45, 2.75) is 19.8 Å². The molecule has 1 aliphatic rings. The highest BCUT2D eigenvalue weighted by Gasteiger charge is 2.27. The number of aromatic nitrogens is 2. The van der Waals surface area contributed by atoms with Crippen LogP contribution in [0.5, 0.6) is 0 Å². The maximum absolute atomic E-state index is 13.6. The minimum Gasteiger partial charge on any atom is -0.337 e. The van der Waals surface area contributed by atoms with Crippen LogP contribution < -0.4 is 0 Å². The summed E-state index contributed by atoms with van der Waals surface area (Å²) in [5.41, 5.74) is 2.03. The first-order valence-electron chi connectivity index (χ1n) is 7.44. The normalized spacial score (nSPS) is 17.7. The molecule has 2 aromatic rings. The van der Waals surface area contributed by atoms with Crippen LogP contribution in [0.1, 0.15) is 28.0 Å². The second-order valence-corrected chi connectivity index (χ2v) is 5.78. The molecule has 2 heterocycles. The highest BCUT2D eigenvalue weighted by atomic mass is 19.1. The zero-order chi connectivity index (χ0) is 15.5. The van der Waals surface area contributed by atoms with Crippen molar-refractivity contribution < 1.29 is 9.18 Å². The summed E-state index contributed by atoms with van der Waals surface area (Å²) in [4.78, 5) is 22.1. The third kappa shape index (κ3) is 3.13. The minimum absolute atomic E-state index is 0.0781. The Bertz CT molecular complexity index is 675. The van der Waals surface area contributed by atoms with Crippen LogP contribution in [0.25, 0.3) is 0 Å². The Kier molecular flexibility index (Phi) is 4.13. The lowest BCUT2D eigenvalue weighted by Gasteiger charge is -2.16. The lowest BCUT2D eigenvalue weighted by Crippen LogP contribution is -2.29. The van der Waals surface area contributed by atoms with Gasteiger partial charge in [-0.25, -0.2) is 9.37 Å². The lowest BCUT2D eigenvalue weighted by atomic mass is 9.98. The van der Waals surface area contributed by atoms with E-state index in [1.165, 1.54) is 12.4 Å². The molecule has 3 rings (SSSR count). The van der Waals surface area contributed by atoms with Gasteiger partial charge in [0, 0.05) is 25.5 Å². The number of amides is 1. The van der Waals surface area contributed by atoms with Crippen molar-refractivity contribution in [1.82, 2.24) is 14.9 Å². The Morgan fingerprint density at radius 1 is 1.41 bits per heavy atom. The molecule has 0 N–H and O–H groups in total. The molecule has 22 heavy (non-hydrogen) atoms. The van der Waals surface area contributed by atoms with Crippen molar-refractivity contribution in [3.8, 4) is 0 Å². The van der Waals surface area contributed by atoms with Gasteiger partial charge in [-0.2, -0.15) is 0 Å². The van der Waals surface area contributed by atoms with E-state index in [0.717, 1.165) is 18.4 Å². The average Bonchev–Trinajstić information content (AvgIpc) is 2.99. The fourth-order valence-electron chi connectivity index (χ4n) is 2.85. The third-order valence-electron chi connectivity index (χ3n) is 4.12. The first-order chi connectivity index (χ1) is 10.6. The molecule has 114 valence electrons. The number of halogens is 1. The second-order valence-electron chi connectivity index (χ2n) is 5.78. The molecule has 0 aliphatic carbocycles. The van der Waals surface area contributed by atoms with Crippen LogP contribution in [0.2, 0.25) is 0 Å². The Morgan fingerprint density at radius 3 is 3.00 bits per heavy atom. The lowest BCUT2D eigenvalue weighted by molar-refractivity contribution is 0.0781. The van der Waals surface area contributed by atoms with Crippen molar-refractivity contribution in [3.05, 3.63) is 59.4 Å². The molecule has 1 aromatic heterocycles. The molecule has 1 unspecified atom stereocenters. The standard InChI is InChI=1S/C17H18FN3O/c1-12-2-3-13(9-15(12)18)8-14-4-7-21(11-14)17(22)16-10-19-5-6-20-16/h2-3,5-6,9-10,14H,4,7-8,11H2,1H3. The number of nitrogens with zero attached hydrogens (tertiary/aromatic N) is 3. The van der Waals surface area contributed by atoms with Gasteiger partial charge >= 0.3 is 0 Å². The van der Waals surface area contributed by atoms with Gasteiger partial charge in [0.05, 0.1) is 6.20 Å². The molecule has 0 radical (unpaired) electrons. The SMILES string of the molecule is Cc1ccc(CC2CCN(C(=O)c3cnccn3)C2)cc1F. The number of rotatable bonds is 3. The van der Waals surface area contributed by atoms with Crippen LogP contribution in [0.15, 0.2) is 36.8 Å². The van der Waals surface area contributed by atoms with E-state index in [4.69, 9.17) is 0 Å². The van der Waals surface area contributed by atoms with Crippen molar-refractivity contribution in [2.24, 2.45) is 5.92 Å². The predicted molar refractivity (Wildman–Crippen MR) is 80.9 cm³/mol. The van der Waals surface area contributed by atoms with E-state index in [9.17, 15) is 9.18 Å². The number of hydrogen-bond donors (Lipinski definition) is 0. The molecule has 1 atom stereocenters. The van der Waals surface area contributed by atoms with Crippen molar-refractivity contribution in [1.29, 1.82) is 0 Å². The number of hydrogen-bond acceptors (Lipinski definition) is 3. The van der Waals surface area contributed by atoms with E-state index in [1.54, 1.807) is 24.1 Å². The van der Waals surface area contributed by atoms with Gasteiger partial charge in [0.1, 0.15) is 11.5 Å². The van der Waals surface area contributed by atoms with E-state index in [2.05, 4.69) is 9.97 Å². The number of carbonyl (C=O) groups is 1. The summed E-state index contributed by atoms with van der Waals surface area (Å²) in [7, 11) is 0. The second kappa shape index (κ2) is 6.22. The summed E-state index contributed by atoms with van der Waals surface area (Å²) in [5, 5.41) is 0. The van der Waals surface area contributed by atoms with Crippen LogP contribution in [-0.4, -0.2) is 33.9 Å². The Balaban J connectivity index is 1.62. The molecule has 5 heteroatoms. The van der Waals surface area contributed by atoms with Gasteiger partial charge in [-0.3, -0.25) is 9.78 Å². The van der Waals surface area contributed by atoms with Crippen LogP contribution in [0, 0.1) is 18.7 Å². The van der Waals surface area contributed by atoms with Crippen LogP contribution in [0.4, 0.5) is 4.39 Å². The first kappa shape index (κ1) is 14.6. The maximum Gasteiger partial charge on any atom is 0.274 e. The van der Waals surface area contributed by atoms with Crippen molar-refractivity contribution in [2.75, 3.05) is 13.1 Å². The predicted octanol–water partition coefficient (Wildman–Crippen LogP) is 2.63. The number of benzene rings is 1. The molecule has 1 saturated heterocycles. The molecule has 0 spiro atoms. The molecule has 1 aromatic carbocycles. The van der Waals surface area contributed by atoms with Gasteiger partial charge in [-0.05, 0) is 42.9 Å². The summed E-state index contributed by atoms with van der Waals surface area (Å²) < 4.78 is 13.6. The van der Waals surface area contributed by atoms with Gasteiger partial charge in [0.25, 0.3) is 5.91 Å². The van der Waals surface area contributed by atoms with Gasteiger partial charge in [0.2, 0.25) is 0 Å². The van der Waals surface area contributed by atoms with E-state index in [0.29, 0.717) is 30.3 Å². The van der Waals surface area contributed by atoms with Crippen molar-refractivity contribution in [3.63, 3.8) is 0 Å². The van der Waals surface area contributed by atoms with E-state index in [1.807, 2.05) is 12.1 Å². The number of aryl methyl sites for hydroxylation is 1. The van der Waals surface area contributed by atoms with Crippen LogP contribution in [0.3, 0.4) is 0 Å². The highest BCUT2D eigenvalue weighted by Crippen LogP contribution is 2.23. The zero-order valence-corrected chi connectivity index (χ0v) is 12.5. The molecule has 1 amide bonds. The molecular formula is C17H18FN3O. The van der Waals surface area contributed by atoms with E-state index >= 15 is 0 Å². The molecular weight excluding hydrogens is 281 g/mol. The molecule has 4 nitrogen and oxygen atoms in total. The molecule has 1 aliphatic heterocycles. The van der Waals surface area contributed by atoms with Gasteiger partial charge < -0.3 is 4.90 Å². The minimum atomic E-state index is -0.164. The monoisotopic (exact) mass is 299 g/mol. The van der Waals surface area contributed by atoms with E-state index in [-0.39, 0.29) is 11.7 Å². The van der Waals surface area contributed by atoms with Gasteiger partial charge in [-0.15, -0.1) is 0 Å². The zero-order valence-electron chi connectivity index (χ0n) is 12.5. The molecule has 0 bridgehead atoms. The summed E-state index contributed by atoms with van der Waals surface area (Å²) in [6.45, 7) is 3.16. The Morgan fingerprint density at radius 2 is 2.27 bits per heavy atom. The van der Waals surface area contributed by atoms with Crippen LogP contribution >= 0.6 is 0 Å². The smallest absolute Gasteiger partial charge is 0.274 e. The first-order valence-corrected chi connectivity index (χ1v) is 7.44. The Labute approximate surface area is 129 Å².